The number of nitroso groups, excluding NO2 is 1. The molecule has 4 heteroatoms. The Kier molecular flexibility index (Phi) is 6.92. The molecule has 1 rings (SSSR count). The van der Waals surface area contributed by atoms with Crippen molar-refractivity contribution in [3.63, 3.8) is 0 Å². The number of nitrogens with zero attached hydrogens (tertiary/aromatic N) is 1. The molecule has 4 nitrogen and oxygen atoms in total. The van der Waals surface area contributed by atoms with Crippen LogP contribution in [0.5, 0.6) is 11.5 Å². The Balaban J connectivity index is 0.00000225. The van der Waals surface area contributed by atoms with Gasteiger partial charge < -0.3 is 9.47 Å². The Morgan fingerprint density at radius 1 is 1.25 bits per heavy atom. The predicted octanol–water partition coefficient (Wildman–Crippen LogP) is 3.39. The van der Waals surface area contributed by atoms with Crippen LogP contribution in [0.1, 0.15) is 26.8 Å². The highest BCUT2D eigenvalue weighted by Gasteiger charge is 2.04. The summed E-state index contributed by atoms with van der Waals surface area (Å²) in [5.41, 5.74) is 1.02. The average molecular weight is 225 g/mol. The normalized spacial score (nSPS) is 9.12. The molecule has 0 aliphatic rings. The second kappa shape index (κ2) is 7.68. The standard InChI is InChI=1S/C11H15NO3.CH4/c1-3-9-7-10(14-4-2)5-6-11(9)15-8-12-13;/h5-7H,3-4,8H2,1-2H3;1H4. The van der Waals surface area contributed by atoms with Gasteiger partial charge in [0.15, 0.2) is 0 Å². The number of aryl methyl sites for hydroxylation is 1. The van der Waals surface area contributed by atoms with E-state index in [1.807, 2.05) is 26.0 Å². The summed E-state index contributed by atoms with van der Waals surface area (Å²) in [4.78, 5) is 9.95. The topological polar surface area (TPSA) is 47.9 Å². The van der Waals surface area contributed by atoms with Gasteiger partial charge in [0, 0.05) is 0 Å². The van der Waals surface area contributed by atoms with E-state index in [2.05, 4.69) is 5.18 Å². The third-order valence-electron chi connectivity index (χ3n) is 2.00. The molecular formula is C12H19NO3. The van der Waals surface area contributed by atoms with E-state index in [0.29, 0.717) is 12.4 Å². The highest BCUT2D eigenvalue weighted by atomic mass is 16.5. The van der Waals surface area contributed by atoms with E-state index in [4.69, 9.17) is 9.47 Å². The molecule has 0 amide bonds. The van der Waals surface area contributed by atoms with Gasteiger partial charge in [0.1, 0.15) is 11.5 Å². The van der Waals surface area contributed by atoms with Crippen LogP contribution in [0.3, 0.4) is 0 Å². The first kappa shape index (κ1) is 14.4. The van der Waals surface area contributed by atoms with E-state index < -0.39 is 0 Å². The van der Waals surface area contributed by atoms with Gasteiger partial charge in [0.25, 0.3) is 0 Å². The van der Waals surface area contributed by atoms with Gasteiger partial charge in [-0.15, -0.1) is 4.91 Å². The highest BCUT2D eigenvalue weighted by Crippen LogP contribution is 2.24. The molecule has 0 radical (unpaired) electrons. The lowest BCUT2D eigenvalue weighted by Gasteiger charge is -2.10. The van der Waals surface area contributed by atoms with E-state index >= 15 is 0 Å². The van der Waals surface area contributed by atoms with Gasteiger partial charge in [0.05, 0.1) is 6.61 Å². The van der Waals surface area contributed by atoms with Gasteiger partial charge in [0.2, 0.25) is 6.73 Å². The van der Waals surface area contributed by atoms with Crippen molar-refractivity contribution >= 4 is 0 Å². The number of benzene rings is 1. The predicted molar refractivity (Wildman–Crippen MR) is 65.0 cm³/mol. The number of hydrogen-bond acceptors (Lipinski definition) is 4. The summed E-state index contributed by atoms with van der Waals surface area (Å²) in [6.45, 7) is 4.44. The van der Waals surface area contributed by atoms with Crippen LogP contribution in [-0.2, 0) is 6.42 Å². The lowest BCUT2D eigenvalue weighted by atomic mass is 10.1. The van der Waals surface area contributed by atoms with E-state index in [-0.39, 0.29) is 14.2 Å². The molecule has 0 fully saturated rings. The molecule has 16 heavy (non-hydrogen) atoms. The van der Waals surface area contributed by atoms with Gasteiger partial charge >= 0.3 is 0 Å². The van der Waals surface area contributed by atoms with Gasteiger partial charge in [-0.1, -0.05) is 14.4 Å². The Bertz CT molecular complexity index is 326. The smallest absolute Gasteiger partial charge is 0.219 e. The monoisotopic (exact) mass is 225 g/mol. The molecule has 1 aromatic rings. The van der Waals surface area contributed by atoms with Crippen molar-refractivity contribution in [1.29, 1.82) is 0 Å². The van der Waals surface area contributed by atoms with Crippen molar-refractivity contribution in [2.24, 2.45) is 5.18 Å². The van der Waals surface area contributed by atoms with Gasteiger partial charge in [-0.25, -0.2) is 0 Å². The molecule has 0 heterocycles. The van der Waals surface area contributed by atoms with Crippen LogP contribution in [0.15, 0.2) is 23.4 Å². The number of hydrogen-bond donors (Lipinski definition) is 0. The minimum Gasteiger partial charge on any atom is -0.494 e. The van der Waals surface area contributed by atoms with Crippen molar-refractivity contribution in [3.8, 4) is 11.5 Å². The molecular weight excluding hydrogens is 206 g/mol. The van der Waals surface area contributed by atoms with E-state index in [1.165, 1.54) is 0 Å². The molecule has 0 unspecified atom stereocenters. The van der Waals surface area contributed by atoms with Crippen LogP contribution in [0, 0.1) is 4.91 Å². The third kappa shape index (κ3) is 3.88. The molecule has 90 valence electrons. The second-order valence-corrected chi connectivity index (χ2v) is 2.96. The fourth-order valence-corrected chi connectivity index (χ4v) is 1.33. The van der Waals surface area contributed by atoms with Crippen molar-refractivity contribution in [2.75, 3.05) is 13.3 Å². The molecule has 0 bridgehead atoms. The fourth-order valence-electron chi connectivity index (χ4n) is 1.33. The molecule has 0 aliphatic heterocycles. The van der Waals surface area contributed by atoms with Gasteiger partial charge in [-0.2, -0.15) is 0 Å². The first-order chi connectivity index (χ1) is 7.31. The van der Waals surface area contributed by atoms with Crippen molar-refractivity contribution in [2.45, 2.75) is 27.7 Å². The molecule has 0 saturated heterocycles. The maximum atomic E-state index is 9.95. The lowest BCUT2D eigenvalue weighted by molar-refractivity contribution is 0.321. The number of ether oxygens (including phenoxy) is 2. The Morgan fingerprint density at radius 3 is 2.56 bits per heavy atom. The van der Waals surface area contributed by atoms with Crippen LogP contribution < -0.4 is 9.47 Å². The highest BCUT2D eigenvalue weighted by molar-refractivity contribution is 5.40. The molecule has 1 aromatic carbocycles. The van der Waals surface area contributed by atoms with Crippen LogP contribution in [-0.4, -0.2) is 13.3 Å². The molecule has 0 N–H and O–H groups in total. The SMILES string of the molecule is C.CCOc1ccc(OCN=O)c(CC)c1. The Hall–Kier alpha value is -1.58. The first-order valence-electron chi connectivity index (χ1n) is 4.99. The largest absolute Gasteiger partial charge is 0.494 e. The van der Waals surface area contributed by atoms with Crippen molar-refractivity contribution in [3.05, 3.63) is 28.7 Å². The lowest BCUT2D eigenvalue weighted by Crippen LogP contribution is -1.98. The van der Waals surface area contributed by atoms with Crippen LogP contribution >= 0.6 is 0 Å². The fraction of sp³-hybridized carbons (Fsp3) is 0.500. The zero-order valence-electron chi connectivity index (χ0n) is 9.03. The molecule has 0 saturated carbocycles. The molecule has 0 aromatic heterocycles. The van der Waals surface area contributed by atoms with E-state index in [1.54, 1.807) is 6.07 Å². The summed E-state index contributed by atoms with van der Waals surface area (Å²) in [6.07, 6.45) is 0.828. The van der Waals surface area contributed by atoms with Gasteiger partial charge in [-0.3, -0.25) is 0 Å². The average Bonchev–Trinajstić information content (AvgIpc) is 2.27. The van der Waals surface area contributed by atoms with Gasteiger partial charge in [-0.05, 0) is 42.3 Å². The van der Waals surface area contributed by atoms with Crippen LogP contribution in [0.25, 0.3) is 0 Å². The van der Waals surface area contributed by atoms with Crippen molar-refractivity contribution in [1.82, 2.24) is 0 Å². The van der Waals surface area contributed by atoms with E-state index in [0.717, 1.165) is 17.7 Å². The summed E-state index contributed by atoms with van der Waals surface area (Å²) in [5, 5.41) is 2.66. The summed E-state index contributed by atoms with van der Waals surface area (Å²) in [7, 11) is 0. The first-order valence-corrected chi connectivity index (χ1v) is 4.99. The molecule has 0 aliphatic carbocycles. The quantitative estimate of drug-likeness (QED) is 0.697. The maximum Gasteiger partial charge on any atom is 0.219 e. The van der Waals surface area contributed by atoms with Crippen molar-refractivity contribution < 1.29 is 9.47 Å². The summed E-state index contributed by atoms with van der Waals surface area (Å²) in [5.74, 6) is 1.52. The summed E-state index contributed by atoms with van der Waals surface area (Å²) in [6, 6.07) is 5.54. The summed E-state index contributed by atoms with van der Waals surface area (Å²) < 4.78 is 10.5. The summed E-state index contributed by atoms with van der Waals surface area (Å²) >= 11 is 0. The van der Waals surface area contributed by atoms with Crippen LogP contribution in [0.4, 0.5) is 0 Å². The molecule has 0 atom stereocenters. The second-order valence-electron chi connectivity index (χ2n) is 2.96. The third-order valence-corrected chi connectivity index (χ3v) is 2.00. The minimum atomic E-state index is -0.152. The zero-order chi connectivity index (χ0) is 11.1. The zero-order valence-corrected chi connectivity index (χ0v) is 9.03. The van der Waals surface area contributed by atoms with Crippen LogP contribution in [0.2, 0.25) is 0 Å². The Morgan fingerprint density at radius 2 is 2.00 bits per heavy atom. The van der Waals surface area contributed by atoms with E-state index in [9.17, 15) is 4.91 Å². The molecule has 0 spiro atoms. The maximum absolute atomic E-state index is 9.95. The minimum absolute atomic E-state index is 0. The number of rotatable bonds is 6. The Labute approximate surface area is 96.5 Å².